The summed E-state index contributed by atoms with van der Waals surface area (Å²) < 4.78 is 6.50. The number of hydrogen-bond donors (Lipinski definition) is 0. The predicted octanol–water partition coefficient (Wildman–Crippen LogP) is 3.10. The van der Waals surface area contributed by atoms with Gasteiger partial charge < -0.3 is 14.5 Å². The van der Waals surface area contributed by atoms with Gasteiger partial charge in [0.15, 0.2) is 0 Å². The molecule has 2 aliphatic rings. The number of likely N-dealkylation sites (tertiary alicyclic amines) is 1. The van der Waals surface area contributed by atoms with Crippen molar-refractivity contribution in [3.63, 3.8) is 0 Å². The fourth-order valence-electron chi connectivity index (χ4n) is 3.81. The van der Waals surface area contributed by atoms with Crippen molar-refractivity contribution in [3.8, 4) is 5.75 Å². The minimum Gasteiger partial charge on any atom is -0.487 e. The summed E-state index contributed by atoms with van der Waals surface area (Å²) in [5.41, 5.74) is 2.87. The van der Waals surface area contributed by atoms with Gasteiger partial charge in [-0.15, -0.1) is 0 Å². The second-order valence-corrected chi connectivity index (χ2v) is 7.30. The monoisotopic (exact) mass is 288 g/mol. The molecule has 1 saturated heterocycles. The van der Waals surface area contributed by atoms with Gasteiger partial charge >= 0.3 is 0 Å². The van der Waals surface area contributed by atoms with Gasteiger partial charge in [0.25, 0.3) is 0 Å². The fourth-order valence-corrected chi connectivity index (χ4v) is 3.81. The summed E-state index contributed by atoms with van der Waals surface area (Å²) >= 11 is 0. The van der Waals surface area contributed by atoms with Gasteiger partial charge in [-0.25, -0.2) is 0 Å². The average molecular weight is 288 g/mol. The number of nitrogens with zero attached hydrogens (tertiary/aromatic N) is 2. The number of fused-ring (bicyclic) bond motifs is 1. The zero-order valence-corrected chi connectivity index (χ0v) is 13.9. The first-order valence-electron chi connectivity index (χ1n) is 8.13. The maximum absolute atomic E-state index is 6.50. The smallest absolute Gasteiger partial charge is 0.123 e. The average Bonchev–Trinajstić information content (AvgIpc) is 2.43. The highest BCUT2D eigenvalue weighted by Crippen LogP contribution is 2.45. The molecule has 1 fully saturated rings. The van der Waals surface area contributed by atoms with Gasteiger partial charge in [-0.3, -0.25) is 0 Å². The summed E-state index contributed by atoms with van der Waals surface area (Å²) in [5, 5.41) is 0. The molecule has 0 N–H and O–H groups in total. The molecule has 0 aromatic heterocycles. The summed E-state index contributed by atoms with van der Waals surface area (Å²) in [6, 6.07) is 6.77. The van der Waals surface area contributed by atoms with Crippen LogP contribution in [0.5, 0.6) is 5.75 Å². The summed E-state index contributed by atoms with van der Waals surface area (Å²) in [7, 11) is 6.44. The van der Waals surface area contributed by atoms with E-state index >= 15 is 0 Å². The van der Waals surface area contributed by atoms with Crippen LogP contribution in [-0.2, 0) is 6.54 Å². The van der Waals surface area contributed by atoms with E-state index in [0.29, 0.717) is 5.92 Å². The molecule has 3 rings (SSSR count). The molecule has 0 radical (unpaired) electrons. The van der Waals surface area contributed by atoms with Crippen LogP contribution < -0.4 is 4.74 Å². The zero-order valence-electron chi connectivity index (χ0n) is 13.9. The van der Waals surface area contributed by atoms with E-state index in [0.717, 1.165) is 38.2 Å². The number of ether oxygens (including phenoxy) is 1. The number of hydrogen-bond acceptors (Lipinski definition) is 3. The molecule has 1 spiro atoms. The maximum Gasteiger partial charge on any atom is 0.123 e. The van der Waals surface area contributed by atoms with Crippen LogP contribution in [0.3, 0.4) is 0 Å². The van der Waals surface area contributed by atoms with E-state index in [1.165, 1.54) is 17.5 Å². The molecule has 3 nitrogen and oxygen atoms in total. The van der Waals surface area contributed by atoms with Crippen LogP contribution in [0.15, 0.2) is 18.2 Å². The minimum atomic E-state index is 0.0853. The SMILES string of the molecule is CC1CC2(CCN(C)CC2)Oc2ccc(CN(C)C)cc21. The largest absolute Gasteiger partial charge is 0.487 e. The fraction of sp³-hybridized carbons (Fsp3) is 0.667. The van der Waals surface area contributed by atoms with Gasteiger partial charge in [0, 0.05) is 19.6 Å². The normalized spacial score (nSPS) is 24.9. The maximum atomic E-state index is 6.50. The van der Waals surface area contributed by atoms with Crippen molar-refractivity contribution in [1.82, 2.24) is 9.80 Å². The Hall–Kier alpha value is -1.06. The predicted molar refractivity (Wildman–Crippen MR) is 87.0 cm³/mol. The third-order valence-electron chi connectivity index (χ3n) is 5.01. The van der Waals surface area contributed by atoms with Crippen LogP contribution in [0.1, 0.15) is 43.2 Å². The Balaban J connectivity index is 1.83. The van der Waals surface area contributed by atoms with Crippen molar-refractivity contribution in [2.75, 3.05) is 34.2 Å². The van der Waals surface area contributed by atoms with Crippen molar-refractivity contribution in [2.45, 2.75) is 44.2 Å². The van der Waals surface area contributed by atoms with Gasteiger partial charge in [-0.1, -0.05) is 19.1 Å². The molecule has 2 heterocycles. The highest BCUT2D eigenvalue weighted by Gasteiger charge is 2.41. The van der Waals surface area contributed by atoms with E-state index in [2.05, 4.69) is 56.1 Å². The van der Waals surface area contributed by atoms with Gasteiger partial charge in [0.1, 0.15) is 11.4 Å². The van der Waals surface area contributed by atoms with E-state index in [9.17, 15) is 0 Å². The Bertz CT molecular complexity index is 504. The van der Waals surface area contributed by atoms with Crippen molar-refractivity contribution < 1.29 is 4.74 Å². The first-order chi connectivity index (χ1) is 9.97. The number of benzene rings is 1. The molecule has 1 aromatic carbocycles. The molecular formula is C18H28N2O. The van der Waals surface area contributed by atoms with E-state index < -0.39 is 0 Å². The van der Waals surface area contributed by atoms with Crippen LogP contribution >= 0.6 is 0 Å². The van der Waals surface area contributed by atoms with Gasteiger partial charge in [0.2, 0.25) is 0 Å². The third kappa shape index (κ3) is 3.09. The van der Waals surface area contributed by atoms with Crippen LogP contribution in [-0.4, -0.2) is 49.6 Å². The zero-order chi connectivity index (χ0) is 15.0. The topological polar surface area (TPSA) is 15.7 Å². The van der Waals surface area contributed by atoms with Crippen molar-refractivity contribution >= 4 is 0 Å². The van der Waals surface area contributed by atoms with Crippen LogP contribution in [0.25, 0.3) is 0 Å². The van der Waals surface area contributed by atoms with Crippen molar-refractivity contribution in [2.24, 2.45) is 0 Å². The summed E-state index contributed by atoms with van der Waals surface area (Å²) in [4.78, 5) is 4.63. The lowest BCUT2D eigenvalue weighted by atomic mass is 9.78. The van der Waals surface area contributed by atoms with E-state index in [1.807, 2.05) is 0 Å². The highest BCUT2D eigenvalue weighted by atomic mass is 16.5. The Morgan fingerprint density at radius 1 is 1.29 bits per heavy atom. The Morgan fingerprint density at radius 3 is 2.67 bits per heavy atom. The molecule has 0 aliphatic carbocycles. The quantitative estimate of drug-likeness (QED) is 0.831. The summed E-state index contributed by atoms with van der Waals surface area (Å²) in [6.07, 6.45) is 3.48. The minimum absolute atomic E-state index is 0.0853. The summed E-state index contributed by atoms with van der Waals surface area (Å²) in [6.45, 7) is 5.67. The Labute approximate surface area is 128 Å². The van der Waals surface area contributed by atoms with Crippen LogP contribution in [0.4, 0.5) is 0 Å². The molecule has 0 amide bonds. The van der Waals surface area contributed by atoms with Crippen molar-refractivity contribution in [1.29, 1.82) is 0 Å². The lowest BCUT2D eigenvalue weighted by molar-refractivity contribution is -0.0153. The van der Waals surface area contributed by atoms with Crippen LogP contribution in [0.2, 0.25) is 0 Å². The first kappa shape index (κ1) is 14.9. The van der Waals surface area contributed by atoms with Gasteiger partial charge in [-0.2, -0.15) is 0 Å². The molecule has 1 unspecified atom stereocenters. The standard InChI is InChI=1S/C18H28N2O/c1-14-12-18(7-9-20(4)10-8-18)21-17-6-5-15(11-16(14)17)13-19(2)3/h5-6,11,14H,7-10,12-13H2,1-4H3. The second kappa shape index (κ2) is 5.62. The molecule has 0 saturated carbocycles. The Morgan fingerprint density at radius 2 is 2.00 bits per heavy atom. The van der Waals surface area contributed by atoms with Crippen LogP contribution in [0, 0.1) is 0 Å². The highest BCUT2D eigenvalue weighted by molar-refractivity contribution is 5.42. The lowest BCUT2D eigenvalue weighted by Crippen LogP contribution is -2.49. The molecule has 1 aromatic rings. The van der Waals surface area contributed by atoms with Crippen molar-refractivity contribution in [3.05, 3.63) is 29.3 Å². The number of rotatable bonds is 2. The first-order valence-corrected chi connectivity index (χ1v) is 8.13. The second-order valence-electron chi connectivity index (χ2n) is 7.30. The van der Waals surface area contributed by atoms with Gasteiger partial charge in [-0.05, 0) is 63.5 Å². The molecule has 3 heteroatoms. The van der Waals surface area contributed by atoms with E-state index in [4.69, 9.17) is 4.74 Å². The number of piperidine rings is 1. The van der Waals surface area contributed by atoms with Gasteiger partial charge in [0.05, 0.1) is 0 Å². The van der Waals surface area contributed by atoms with E-state index in [-0.39, 0.29) is 5.60 Å². The molecule has 116 valence electrons. The third-order valence-corrected chi connectivity index (χ3v) is 5.01. The summed E-state index contributed by atoms with van der Waals surface area (Å²) in [5.74, 6) is 1.72. The molecular weight excluding hydrogens is 260 g/mol. The molecule has 21 heavy (non-hydrogen) atoms. The van der Waals surface area contributed by atoms with E-state index in [1.54, 1.807) is 0 Å². The lowest BCUT2D eigenvalue weighted by Gasteiger charge is -2.46. The molecule has 0 bridgehead atoms. The molecule has 2 aliphatic heterocycles. The molecule has 1 atom stereocenters. The Kier molecular flexibility index (Phi) is 3.98.